The number of imide groups is 1. The third-order valence-electron chi connectivity index (χ3n) is 6.84. The summed E-state index contributed by atoms with van der Waals surface area (Å²) >= 11 is 1.24. The summed E-state index contributed by atoms with van der Waals surface area (Å²) in [6.07, 6.45) is 20.5. The van der Waals surface area contributed by atoms with Crippen molar-refractivity contribution >= 4 is 40.0 Å². The van der Waals surface area contributed by atoms with E-state index in [0.717, 1.165) is 41.1 Å². The fourth-order valence-electron chi connectivity index (χ4n) is 4.67. The number of rotatable bonds is 17. The number of hydrogen-bond donors (Lipinski definition) is 0. The minimum absolute atomic E-state index is 0.0238. The standard InChI is InChI=1S/C34H49N3O5S/c1-6-9-11-13-15-17-20-30(39)37(31(40)21-18-16-14-12-10-7-2)33-32(34(41)42-8-3)27-23-25-36(26-28(27)43-33)29(38)22-19-24-35(4)5/h9-12,15-18H,6-8,13-14,19-26H2,1-5H3/b11-9-,12-10-,17-15-,18-16-. The Balaban J connectivity index is 2.42. The van der Waals surface area contributed by atoms with E-state index in [1.165, 1.54) is 11.3 Å². The van der Waals surface area contributed by atoms with Crippen molar-refractivity contribution in [2.24, 2.45) is 0 Å². The second-order valence-electron chi connectivity index (χ2n) is 10.6. The first-order valence-electron chi connectivity index (χ1n) is 15.4. The summed E-state index contributed by atoms with van der Waals surface area (Å²) in [5.74, 6) is -1.29. The molecule has 2 rings (SSSR count). The van der Waals surface area contributed by atoms with Gasteiger partial charge in [0.25, 0.3) is 0 Å². The summed E-state index contributed by atoms with van der Waals surface area (Å²) in [7, 11) is 3.96. The number of nitrogens with zero attached hydrogens (tertiary/aromatic N) is 3. The van der Waals surface area contributed by atoms with E-state index >= 15 is 0 Å². The molecule has 0 fully saturated rings. The van der Waals surface area contributed by atoms with Gasteiger partial charge in [0.05, 0.1) is 18.7 Å². The summed E-state index contributed by atoms with van der Waals surface area (Å²) < 4.78 is 5.41. The predicted molar refractivity (Wildman–Crippen MR) is 175 cm³/mol. The van der Waals surface area contributed by atoms with E-state index < -0.39 is 17.8 Å². The Labute approximate surface area is 261 Å². The van der Waals surface area contributed by atoms with E-state index in [-0.39, 0.29) is 30.9 Å². The summed E-state index contributed by atoms with van der Waals surface area (Å²) in [6.45, 7) is 7.66. The summed E-state index contributed by atoms with van der Waals surface area (Å²) in [5.41, 5.74) is 1.04. The molecule has 0 unspecified atom stereocenters. The highest BCUT2D eigenvalue weighted by Gasteiger charge is 2.35. The molecule has 1 aromatic heterocycles. The monoisotopic (exact) mass is 611 g/mol. The minimum Gasteiger partial charge on any atom is -0.462 e. The number of carbonyl (C=O) groups is 4. The average Bonchev–Trinajstić information content (AvgIpc) is 3.34. The molecule has 8 nitrogen and oxygen atoms in total. The Morgan fingerprint density at radius 3 is 1.98 bits per heavy atom. The zero-order valence-electron chi connectivity index (χ0n) is 26.6. The van der Waals surface area contributed by atoms with Gasteiger partial charge in [-0.1, -0.05) is 62.5 Å². The summed E-state index contributed by atoms with van der Waals surface area (Å²) in [5, 5.41) is 0.291. The van der Waals surface area contributed by atoms with E-state index in [2.05, 4.69) is 30.9 Å². The van der Waals surface area contributed by atoms with Crippen LogP contribution in [0.15, 0.2) is 48.6 Å². The van der Waals surface area contributed by atoms with Crippen LogP contribution in [0.3, 0.4) is 0 Å². The number of anilines is 1. The van der Waals surface area contributed by atoms with Gasteiger partial charge in [-0.05, 0) is 71.7 Å². The predicted octanol–water partition coefficient (Wildman–Crippen LogP) is 6.62. The second-order valence-corrected chi connectivity index (χ2v) is 11.7. The molecule has 0 saturated heterocycles. The molecule has 1 aliphatic heterocycles. The highest BCUT2D eigenvalue weighted by Crippen LogP contribution is 2.40. The van der Waals surface area contributed by atoms with Crippen LogP contribution in [0.2, 0.25) is 0 Å². The first-order valence-corrected chi connectivity index (χ1v) is 16.3. The third kappa shape index (κ3) is 11.7. The van der Waals surface area contributed by atoms with E-state index in [9.17, 15) is 19.2 Å². The molecule has 3 amide bonds. The molecular formula is C34H49N3O5S. The van der Waals surface area contributed by atoms with Crippen molar-refractivity contribution in [1.82, 2.24) is 9.80 Å². The van der Waals surface area contributed by atoms with E-state index in [1.54, 1.807) is 24.0 Å². The molecule has 0 N–H and O–H groups in total. The number of fused-ring (bicyclic) bond motifs is 1. The van der Waals surface area contributed by atoms with Crippen LogP contribution in [0.1, 0.15) is 92.9 Å². The highest BCUT2D eigenvalue weighted by atomic mass is 32.1. The molecule has 43 heavy (non-hydrogen) atoms. The maximum atomic E-state index is 13.6. The van der Waals surface area contributed by atoms with Crippen molar-refractivity contribution in [3.63, 3.8) is 0 Å². The van der Waals surface area contributed by atoms with Crippen LogP contribution in [-0.4, -0.2) is 67.3 Å². The van der Waals surface area contributed by atoms with E-state index in [0.29, 0.717) is 43.8 Å². The maximum absolute atomic E-state index is 13.6. The minimum atomic E-state index is -0.549. The van der Waals surface area contributed by atoms with Crippen LogP contribution in [0.4, 0.5) is 5.00 Å². The van der Waals surface area contributed by atoms with Gasteiger partial charge in [-0.15, -0.1) is 11.3 Å². The lowest BCUT2D eigenvalue weighted by Crippen LogP contribution is -2.37. The molecule has 1 aliphatic rings. The number of thiophene rings is 1. The third-order valence-corrected chi connectivity index (χ3v) is 8.04. The average molecular weight is 612 g/mol. The van der Waals surface area contributed by atoms with Gasteiger partial charge in [-0.2, -0.15) is 0 Å². The van der Waals surface area contributed by atoms with Gasteiger partial charge in [0, 0.05) is 30.7 Å². The normalized spacial score (nSPS) is 13.6. The fourth-order valence-corrected chi connectivity index (χ4v) is 6.05. The fraction of sp³-hybridized carbons (Fsp3) is 0.529. The van der Waals surface area contributed by atoms with Crippen LogP contribution in [0, 0.1) is 0 Å². The number of esters is 1. The maximum Gasteiger partial charge on any atom is 0.341 e. The van der Waals surface area contributed by atoms with Crippen LogP contribution in [0.25, 0.3) is 0 Å². The molecule has 9 heteroatoms. The van der Waals surface area contributed by atoms with Crippen molar-refractivity contribution in [2.75, 3.05) is 38.7 Å². The SMILES string of the molecule is CC/C=C\C/C=C\CC(=O)N(C(=O)C/C=C\C/C=C\CC)c1sc2c(c1C(=O)OCC)CCN(C(=O)CCCN(C)C)C2. The first kappa shape index (κ1) is 35.9. The van der Waals surface area contributed by atoms with E-state index in [1.807, 2.05) is 38.4 Å². The summed E-state index contributed by atoms with van der Waals surface area (Å²) in [6, 6.07) is 0. The highest BCUT2D eigenvalue weighted by molar-refractivity contribution is 7.17. The Hall–Kier alpha value is -3.30. The Morgan fingerprint density at radius 2 is 1.44 bits per heavy atom. The van der Waals surface area contributed by atoms with Crippen molar-refractivity contribution in [3.05, 3.63) is 64.6 Å². The largest absolute Gasteiger partial charge is 0.462 e. The lowest BCUT2D eigenvalue weighted by atomic mass is 10.0. The molecule has 0 atom stereocenters. The molecule has 0 spiro atoms. The van der Waals surface area contributed by atoms with Crippen LogP contribution in [0.5, 0.6) is 0 Å². The molecule has 0 radical (unpaired) electrons. The number of ether oxygens (including phenoxy) is 1. The molecule has 0 aromatic carbocycles. The van der Waals surface area contributed by atoms with Gasteiger partial charge >= 0.3 is 5.97 Å². The lowest BCUT2D eigenvalue weighted by Gasteiger charge is -2.27. The van der Waals surface area contributed by atoms with Crippen molar-refractivity contribution in [1.29, 1.82) is 0 Å². The topological polar surface area (TPSA) is 87.2 Å². The quantitative estimate of drug-likeness (QED) is 0.145. The first-order chi connectivity index (χ1) is 20.7. The molecular weight excluding hydrogens is 562 g/mol. The number of carbonyl (C=O) groups excluding carboxylic acids is 4. The summed E-state index contributed by atoms with van der Waals surface area (Å²) in [4.78, 5) is 59.4. The molecule has 2 heterocycles. The van der Waals surface area contributed by atoms with Crippen molar-refractivity contribution in [3.8, 4) is 0 Å². The number of allylic oxidation sites excluding steroid dienone is 6. The molecule has 0 aliphatic carbocycles. The molecule has 0 saturated carbocycles. The van der Waals surface area contributed by atoms with Gasteiger partial charge in [-0.3, -0.25) is 14.4 Å². The van der Waals surface area contributed by atoms with Gasteiger partial charge in [0.1, 0.15) is 5.00 Å². The zero-order chi connectivity index (χ0) is 31.6. The van der Waals surface area contributed by atoms with Crippen molar-refractivity contribution in [2.45, 2.75) is 85.1 Å². The second kappa shape index (κ2) is 19.8. The van der Waals surface area contributed by atoms with Gasteiger partial charge < -0.3 is 14.5 Å². The van der Waals surface area contributed by atoms with Gasteiger partial charge in [-0.25, -0.2) is 9.69 Å². The number of hydrogen-bond acceptors (Lipinski definition) is 7. The van der Waals surface area contributed by atoms with Crippen LogP contribution >= 0.6 is 11.3 Å². The van der Waals surface area contributed by atoms with Gasteiger partial charge in [0.15, 0.2) is 0 Å². The molecule has 1 aromatic rings. The van der Waals surface area contributed by atoms with Gasteiger partial charge in [0.2, 0.25) is 17.7 Å². The Kier molecular flexibility index (Phi) is 16.5. The van der Waals surface area contributed by atoms with Crippen LogP contribution in [-0.2, 0) is 32.1 Å². The lowest BCUT2D eigenvalue weighted by molar-refractivity contribution is -0.132. The smallest absolute Gasteiger partial charge is 0.341 e. The van der Waals surface area contributed by atoms with E-state index in [4.69, 9.17) is 4.74 Å². The molecule has 0 bridgehead atoms. The van der Waals surface area contributed by atoms with Crippen LogP contribution < -0.4 is 4.90 Å². The van der Waals surface area contributed by atoms with Crippen molar-refractivity contribution < 1.29 is 23.9 Å². The molecule has 236 valence electrons. The number of amides is 3. The Morgan fingerprint density at radius 1 is 0.860 bits per heavy atom. The zero-order valence-corrected chi connectivity index (χ0v) is 27.4. The Bertz CT molecular complexity index is 1150.